The standard InChI is InChI=1S/C19H24N2O4/c1-3-24-19-12-15(4-9-18(19)25-11-10-22)13-20-16-5-7-17(8-6-16)21-14(2)23/h4-9,12,20,22H,3,10-11,13H2,1-2H3,(H,21,23). The second kappa shape index (κ2) is 9.54. The van der Waals surface area contributed by atoms with Crippen molar-refractivity contribution in [1.82, 2.24) is 0 Å². The Morgan fingerprint density at radius 2 is 1.76 bits per heavy atom. The molecule has 2 aromatic carbocycles. The Morgan fingerprint density at radius 3 is 2.40 bits per heavy atom. The number of hydrogen-bond acceptors (Lipinski definition) is 5. The van der Waals surface area contributed by atoms with Gasteiger partial charge in [0.05, 0.1) is 13.2 Å². The Morgan fingerprint density at radius 1 is 1.04 bits per heavy atom. The van der Waals surface area contributed by atoms with Crippen LogP contribution in [0.4, 0.5) is 11.4 Å². The SMILES string of the molecule is CCOc1cc(CNc2ccc(NC(C)=O)cc2)ccc1OCCO. The highest BCUT2D eigenvalue weighted by molar-refractivity contribution is 5.88. The van der Waals surface area contributed by atoms with Crippen LogP contribution in [0.25, 0.3) is 0 Å². The average molecular weight is 344 g/mol. The van der Waals surface area contributed by atoms with Crippen LogP contribution in [0, 0.1) is 0 Å². The zero-order chi connectivity index (χ0) is 18.1. The fraction of sp³-hybridized carbons (Fsp3) is 0.316. The van der Waals surface area contributed by atoms with Crippen molar-refractivity contribution in [1.29, 1.82) is 0 Å². The summed E-state index contributed by atoms with van der Waals surface area (Å²) in [5, 5.41) is 14.9. The van der Waals surface area contributed by atoms with Crippen LogP contribution in [-0.2, 0) is 11.3 Å². The van der Waals surface area contributed by atoms with Crippen molar-refractivity contribution in [2.24, 2.45) is 0 Å². The molecule has 0 unspecified atom stereocenters. The van der Waals surface area contributed by atoms with E-state index in [-0.39, 0.29) is 19.1 Å². The van der Waals surface area contributed by atoms with Gasteiger partial charge < -0.3 is 25.2 Å². The lowest BCUT2D eigenvalue weighted by molar-refractivity contribution is -0.114. The first-order chi connectivity index (χ1) is 12.1. The van der Waals surface area contributed by atoms with Gasteiger partial charge in [0.1, 0.15) is 6.61 Å². The van der Waals surface area contributed by atoms with E-state index >= 15 is 0 Å². The van der Waals surface area contributed by atoms with Crippen molar-refractivity contribution in [3.05, 3.63) is 48.0 Å². The number of ether oxygens (including phenoxy) is 2. The first-order valence-corrected chi connectivity index (χ1v) is 8.23. The van der Waals surface area contributed by atoms with Crippen LogP contribution in [0.15, 0.2) is 42.5 Å². The summed E-state index contributed by atoms with van der Waals surface area (Å²) < 4.78 is 11.1. The molecule has 0 atom stereocenters. The predicted molar refractivity (Wildman–Crippen MR) is 98.3 cm³/mol. The van der Waals surface area contributed by atoms with Crippen LogP contribution < -0.4 is 20.1 Å². The van der Waals surface area contributed by atoms with Crippen LogP contribution in [0.1, 0.15) is 19.4 Å². The highest BCUT2D eigenvalue weighted by Gasteiger charge is 2.07. The molecule has 0 aromatic heterocycles. The number of aliphatic hydroxyl groups excluding tert-OH is 1. The van der Waals surface area contributed by atoms with Gasteiger partial charge >= 0.3 is 0 Å². The van der Waals surface area contributed by atoms with Gasteiger partial charge in [-0.3, -0.25) is 4.79 Å². The molecular formula is C19H24N2O4. The minimum absolute atomic E-state index is 0.0383. The zero-order valence-electron chi connectivity index (χ0n) is 14.5. The van der Waals surface area contributed by atoms with Crippen molar-refractivity contribution in [2.45, 2.75) is 20.4 Å². The molecule has 0 aliphatic heterocycles. The lowest BCUT2D eigenvalue weighted by atomic mass is 10.2. The van der Waals surface area contributed by atoms with Gasteiger partial charge in [0.2, 0.25) is 5.91 Å². The molecule has 0 saturated carbocycles. The predicted octanol–water partition coefficient (Wildman–Crippen LogP) is 3.03. The first-order valence-electron chi connectivity index (χ1n) is 8.23. The molecule has 0 radical (unpaired) electrons. The number of amides is 1. The van der Waals surface area contributed by atoms with E-state index in [1.807, 2.05) is 49.4 Å². The molecule has 0 bridgehead atoms. The Hall–Kier alpha value is -2.73. The monoisotopic (exact) mass is 344 g/mol. The fourth-order valence-electron chi connectivity index (χ4n) is 2.28. The highest BCUT2D eigenvalue weighted by atomic mass is 16.5. The maximum Gasteiger partial charge on any atom is 0.221 e. The van der Waals surface area contributed by atoms with Gasteiger partial charge in [-0.15, -0.1) is 0 Å². The molecule has 0 saturated heterocycles. The van der Waals surface area contributed by atoms with Gasteiger partial charge in [0, 0.05) is 24.8 Å². The van der Waals surface area contributed by atoms with Gasteiger partial charge in [0.25, 0.3) is 0 Å². The van der Waals surface area contributed by atoms with E-state index in [9.17, 15) is 4.79 Å². The maximum atomic E-state index is 11.0. The first kappa shape index (κ1) is 18.6. The summed E-state index contributed by atoms with van der Waals surface area (Å²) in [5.41, 5.74) is 2.76. The summed E-state index contributed by atoms with van der Waals surface area (Å²) >= 11 is 0. The molecule has 0 aliphatic carbocycles. The molecule has 3 N–H and O–H groups in total. The smallest absolute Gasteiger partial charge is 0.221 e. The fourth-order valence-corrected chi connectivity index (χ4v) is 2.28. The van der Waals surface area contributed by atoms with Crippen LogP contribution in [0.2, 0.25) is 0 Å². The van der Waals surface area contributed by atoms with E-state index in [0.29, 0.717) is 24.7 Å². The van der Waals surface area contributed by atoms with E-state index in [4.69, 9.17) is 14.6 Å². The summed E-state index contributed by atoms with van der Waals surface area (Å²) in [6, 6.07) is 13.2. The molecule has 0 aliphatic rings. The maximum absolute atomic E-state index is 11.0. The van der Waals surface area contributed by atoms with Crippen molar-refractivity contribution in [3.63, 3.8) is 0 Å². The third-order valence-electron chi connectivity index (χ3n) is 3.36. The minimum atomic E-state index is -0.0901. The van der Waals surface area contributed by atoms with E-state index in [1.165, 1.54) is 6.92 Å². The van der Waals surface area contributed by atoms with Crippen molar-refractivity contribution in [2.75, 3.05) is 30.5 Å². The van der Waals surface area contributed by atoms with Crippen LogP contribution in [-0.4, -0.2) is 30.8 Å². The lowest BCUT2D eigenvalue weighted by Gasteiger charge is -2.14. The number of carbonyl (C=O) groups excluding carboxylic acids is 1. The Bertz CT molecular complexity index is 686. The van der Waals surface area contributed by atoms with Gasteiger partial charge in [-0.25, -0.2) is 0 Å². The van der Waals surface area contributed by atoms with Crippen LogP contribution in [0.5, 0.6) is 11.5 Å². The summed E-state index contributed by atoms with van der Waals surface area (Å²) in [4.78, 5) is 11.0. The molecule has 0 fully saturated rings. The van der Waals surface area contributed by atoms with Gasteiger partial charge in [-0.05, 0) is 48.9 Å². The van der Waals surface area contributed by atoms with Gasteiger partial charge in [0.15, 0.2) is 11.5 Å². The van der Waals surface area contributed by atoms with Crippen molar-refractivity contribution < 1.29 is 19.4 Å². The molecule has 0 spiro atoms. The van der Waals surface area contributed by atoms with E-state index in [0.717, 1.165) is 16.9 Å². The topological polar surface area (TPSA) is 79.8 Å². The second-order valence-electron chi connectivity index (χ2n) is 5.40. The summed E-state index contributed by atoms with van der Waals surface area (Å²) in [6.45, 7) is 4.76. The lowest BCUT2D eigenvalue weighted by Crippen LogP contribution is -2.06. The van der Waals surface area contributed by atoms with Crippen LogP contribution in [0.3, 0.4) is 0 Å². The molecule has 1 amide bonds. The number of carbonyl (C=O) groups is 1. The Labute approximate surface area is 147 Å². The summed E-state index contributed by atoms with van der Waals surface area (Å²) in [6.07, 6.45) is 0. The highest BCUT2D eigenvalue weighted by Crippen LogP contribution is 2.29. The molecule has 0 heterocycles. The molecule has 6 heteroatoms. The largest absolute Gasteiger partial charge is 0.490 e. The van der Waals surface area contributed by atoms with Gasteiger partial charge in [-0.1, -0.05) is 6.07 Å². The number of nitrogens with one attached hydrogen (secondary N) is 2. The normalized spacial score (nSPS) is 10.2. The number of rotatable bonds is 9. The number of aliphatic hydroxyl groups is 1. The molecule has 2 aromatic rings. The summed E-state index contributed by atoms with van der Waals surface area (Å²) in [7, 11) is 0. The third kappa shape index (κ3) is 6.00. The quantitative estimate of drug-likeness (QED) is 0.652. The summed E-state index contributed by atoms with van der Waals surface area (Å²) in [5.74, 6) is 1.20. The Kier molecular flexibility index (Phi) is 7.10. The average Bonchev–Trinajstić information content (AvgIpc) is 2.60. The molecule has 6 nitrogen and oxygen atoms in total. The number of hydrogen-bond donors (Lipinski definition) is 3. The minimum Gasteiger partial charge on any atom is -0.490 e. The number of anilines is 2. The Balaban J connectivity index is 1.99. The second-order valence-corrected chi connectivity index (χ2v) is 5.40. The van der Waals surface area contributed by atoms with Crippen molar-refractivity contribution >= 4 is 17.3 Å². The zero-order valence-corrected chi connectivity index (χ0v) is 14.5. The molecule has 134 valence electrons. The third-order valence-corrected chi connectivity index (χ3v) is 3.36. The van der Waals surface area contributed by atoms with E-state index < -0.39 is 0 Å². The van der Waals surface area contributed by atoms with Gasteiger partial charge in [-0.2, -0.15) is 0 Å². The molecular weight excluding hydrogens is 320 g/mol. The molecule has 25 heavy (non-hydrogen) atoms. The van der Waals surface area contributed by atoms with Crippen LogP contribution >= 0.6 is 0 Å². The number of benzene rings is 2. The van der Waals surface area contributed by atoms with E-state index in [1.54, 1.807) is 0 Å². The van der Waals surface area contributed by atoms with E-state index in [2.05, 4.69) is 10.6 Å². The van der Waals surface area contributed by atoms with Crippen molar-refractivity contribution in [3.8, 4) is 11.5 Å². The molecule has 2 rings (SSSR count).